The number of nitrogens with one attached hydrogen (secondary N) is 1. The van der Waals surface area contributed by atoms with E-state index in [9.17, 15) is 4.79 Å². The number of methoxy groups -OCH3 is 1. The number of para-hydroxylation sites is 1. The first kappa shape index (κ1) is 18.7. The van der Waals surface area contributed by atoms with Crippen molar-refractivity contribution in [3.8, 4) is 5.75 Å². The van der Waals surface area contributed by atoms with E-state index in [0.29, 0.717) is 16.6 Å². The highest BCUT2D eigenvalue weighted by atomic mass is 79.9. The third-order valence-corrected chi connectivity index (χ3v) is 4.36. The van der Waals surface area contributed by atoms with E-state index in [4.69, 9.17) is 16.3 Å². The van der Waals surface area contributed by atoms with Crippen molar-refractivity contribution in [2.45, 2.75) is 6.04 Å². The number of likely N-dealkylation sites (N-methyl/N-ethyl adjacent to an activating group) is 1. The highest BCUT2D eigenvalue weighted by Crippen LogP contribution is 2.27. The molecule has 0 aliphatic heterocycles. The summed E-state index contributed by atoms with van der Waals surface area (Å²) < 4.78 is 6.13. The number of nitrogens with zero attached hydrogens (tertiary/aromatic N) is 2. The van der Waals surface area contributed by atoms with Gasteiger partial charge in [-0.25, -0.2) is 4.98 Å². The molecular weight excluding hydrogens is 394 g/mol. The van der Waals surface area contributed by atoms with Gasteiger partial charge in [-0.15, -0.1) is 0 Å². The van der Waals surface area contributed by atoms with E-state index in [1.807, 2.05) is 43.3 Å². The average molecular weight is 413 g/mol. The Hall–Kier alpha value is -1.63. The molecule has 0 aliphatic carbocycles. The molecule has 1 aromatic carbocycles. The van der Waals surface area contributed by atoms with Crippen LogP contribution in [0.15, 0.2) is 41.0 Å². The second kappa shape index (κ2) is 8.46. The summed E-state index contributed by atoms with van der Waals surface area (Å²) in [6.45, 7) is 0.412. The number of aromatic nitrogens is 1. The number of pyridine rings is 1. The molecule has 5 nitrogen and oxygen atoms in total. The first-order valence-electron chi connectivity index (χ1n) is 7.32. The highest BCUT2D eigenvalue weighted by molar-refractivity contribution is 9.10. The fourth-order valence-electron chi connectivity index (χ4n) is 2.38. The van der Waals surface area contributed by atoms with Gasteiger partial charge >= 0.3 is 0 Å². The molecule has 0 fully saturated rings. The lowest BCUT2D eigenvalue weighted by molar-refractivity contribution is 0.0941. The Morgan fingerprint density at radius 3 is 2.79 bits per heavy atom. The van der Waals surface area contributed by atoms with Gasteiger partial charge in [-0.2, -0.15) is 0 Å². The number of hydrogen-bond acceptors (Lipinski definition) is 4. The molecule has 1 amide bonds. The monoisotopic (exact) mass is 411 g/mol. The lowest BCUT2D eigenvalue weighted by Gasteiger charge is -2.26. The number of benzene rings is 1. The van der Waals surface area contributed by atoms with Gasteiger partial charge in [-0.3, -0.25) is 4.79 Å². The quantitative estimate of drug-likeness (QED) is 0.737. The predicted molar refractivity (Wildman–Crippen MR) is 98.7 cm³/mol. The second-order valence-electron chi connectivity index (χ2n) is 5.42. The molecule has 1 heterocycles. The minimum Gasteiger partial charge on any atom is -0.496 e. The summed E-state index contributed by atoms with van der Waals surface area (Å²) in [5, 5.41) is 3.09. The van der Waals surface area contributed by atoms with Crippen molar-refractivity contribution < 1.29 is 9.53 Å². The van der Waals surface area contributed by atoms with Gasteiger partial charge in [0.1, 0.15) is 10.9 Å². The van der Waals surface area contributed by atoms with Gasteiger partial charge in [0.25, 0.3) is 5.91 Å². The lowest BCUT2D eigenvalue weighted by atomic mass is 10.0. The summed E-state index contributed by atoms with van der Waals surface area (Å²) in [5.74, 6) is 0.517. The fourth-order valence-corrected chi connectivity index (χ4v) is 2.90. The van der Waals surface area contributed by atoms with Crippen LogP contribution >= 0.6 is 27.5 Å². The van der Waals surface area contributed by atoms with E-state index in [1.165, 1.54) is 0 Å². The number of rotatable bonds is 6. The number of ether oxygens (including phenoxy) is 1. The maximum absolute atomic E-state index is 12.4. The van der Waals surface area contributed by atoms with Crippen LogP contribution < -0.4 is 10.1 Å². The van der Waals surface area contributed by atoms with Crippen LogP contribution in [0.4, 0.5) is 0 Å². The van der Waals surface area contributed by atoms with Crippen molar-refractivity contribution in [3.63, 3.8) is 0 Å². The number of halogens is 2. The molecule has 0 aliphatic rings. The standard InChI is InChI=1S/C17H19BrClN3O2/c1-22(2)14(12-6-4-5-7-15(12)24-3)10-21-17(23)13-8-11(18)9-20-16(13)19/h4-9,14H,10H2,1-3H3,(H,21,23). The van der Waals surface area contributed by atoms with Crippen molar-refractivity contribution in [2.24, 2.45) is 0 Å². The van der Waals surface area contributed by atoms with Crippen LogP contribution in [0.25, 0.3) is 0 Å². The van der Waals surface area contributed by atoms with Gasteiger partial charge in [0.05, 0.1) is 18.7 Å². The molecule has 1 atom stereocenters. The average Bonchev–Trinajstić information content (AvgIpc) is 2.57. The number of carbonyl (C=O) groups is 1. The Balaban J connectivity index is 2.17. The van der Waals surface area contributed by atoms with Crippen molar-refractivity contribution in [2.75, 3.05) is 27.7 Å². The zero-order valence-corrected chi connectivity index (χ0v) is 16.1. The van der Waals surface area contributed by atoms with E-state index >= 15 is 0 Å². The predicted octanol–water partition coefficient (Wildman–Crippen LogP) is 3.54. The van der Waals surface area contributed by atoms with Crippen molar-refractivity contribution in [1.82, 2.24) is 15.2 Å². The molecule has 7 heteroatoms. The molecule has 0 spiro atoms. The Morgan fingerprint density at radius 1 is 1.42 bits per heavy atom. The lowest BCUT2D eigenvalue weighted by Crippen LogP contribution is -2.35. The van der Waals surface area contributed by atoms with Gasteiger partial charge in [-0.1, -0.05) is 29.8 Å². The van der Waals surface area contributed by atoms with Crippen LogP contribution in [0, 0.1) is 0 Å². The molecule has 128 valence electrons. The van der Waals surface area contributed by atoms with Gasteiger partial charge < -0.3 is 15.0 Å². The third-order valence-electron chi connectivity index (χ3n) is 3.63. The van der Waals surface area contributed by atoms with E-state index in [2.05, 4.69) is 26.2 Å². The second-order valence-corrected chi connectivity index (χ2v) is 6.70. The van der Waals surface area contributed by atoms with E-state index in [1.54, 1.807) is 19.4 Å². The first-order valence-corrected chi connectivity index (χ1v) is 8.49. The van der Waals surface area contributed by atoms with Crippen LogP contribution in [-0.2, 0) is 0 Å². The summed E-state index contributed by atoms with van der Waals surface area (Å²) in [6, 6.07) is 9.38. The largest absolute Gasteiger partial charge is 0.496 e. The Kier molecular flexibility index (Phi) is 6.60. The van der Waals surface area contributed by atoms with E-state index in [0.717, 1.165) is 11.3 Å². The molecular formula is C17H19BrClN3O2. The van der Waals surface area contributed by atoms with E-state index < -0.39 is 0 Å². The molecule has 0 radical (unpaired) electrons. The number of carbonyl (C=O) groups excluding carboxylic acids is 1. The molecule has 0 saturated heterocycles. The summed E-state index contributed by atoms with van der Waals surface area (Å²) >= 11 is 9.31. The molecule has 2 rings (SSSR count). The first-order chi connectivity index (χ1) is 11.4. The van der Waals surface area contributed by atoms with Crippen LogP contribution in [-0.4, -0.2) is 43.5 Å². The van der Waals surface area contributed by atoms with Gasteiger partial charge in [0, 0.05) is 22.8 Å². The minimum absolute atomic E-state index is 0.0380. The topological polar surface area (TPSA) is 54.5 Å². The summed E-state index contributed by atoms with van der Waals surface area (Å²) in [6.07, 6.45) is 1.55. The zero-order valence-electron chi connectivity index (χ0n) is 13.7. The molecule has 2 aromatic rings. The molecule has 1 unspecified atom stereocenters. The maximum atomic E-state index is 12.4. The Bertz CT molecular complexity index is 725. The number of amides is 1. The molecule has 1 N–H and O–H groups in total. The normalized spacial score (nSPS) is 12.1. The van der Waals surface area contributed by atoms with Crippen LogP contribution in [0.3, 0.4) is 0 Å². The smallest absolute Gasteiger partial charge is 0.254 e. The van der Waals surface area contributed by atoms with E-state index in [-0.39, 0.29) is 17.1 Å². The van der Waals surface area contributed by atoms with Gasteiger partial charge in [0.15, 0.2) is 0 Å². The summed E-state index contributed by atoms with van der Waals surface area (Å²) in [5.41, 5.74) is 1.34. The third kappa shape index (κ3) is 4.47. The van der Waals surface area contributed by atoms with Gasteiger partial charge in [0.2, 0.25) is 0 Å². The Morgan fingerprint density at radius 2 is 2.12 bits per heavy atom. The van der Waals surface area contributed by atoms with Crippen molar-refractivity contribution >= 4 is 33.4 Å². The van der Waals surface area contributed by atoms with Crippen molar-refractivity contribution in [1.29, 1.82) is 0 Å². The molecule has 0 saturated carbocycles. The van der Waals surface area contributed by atoms with Crippen LogP contribution in [0.1, 0.15) is 22.0 Å². The maximum Gasteiger partial charge on any atom is 0.254 e. The van der Waals surface area contributed by atoms with Gasteiger partial charge in [-0.05, 0) is 42.2 Å². The Labute approximate surface area is 155 Å². The zero-order chi connectivity index (χ0) is 17.7. The molecule has 24 heavy (non-hydrogen) atoms. The SMILES string of the molecule is COc1ccccc1C(CNC(=O)c1cc(Br)cnc1Cl)N(C)C. The van der Waals surface area contributed by atoms with Crippen LogP contribution in [0.2, 0.25) is 5.15 Å². The number of hydrogen-bond donors (Lipinski definition) is 1. The summed E-state index contributed by atoms with van der Waals surface area (Å²) in [4.78, 5) is 18.4. The minimum atomic E-state index is -0.268. The van der Waals surface area contributed by atoms with Crippen LogP contribution in [0.5, 0.6) is 5.75 Å². The molecule has 1 aromatic heterocycles. The van der Waals surface area contributed by atoms with Crippen molar-refractivity contribution in [3.05, 3.63) is 57.3 Å². The highest BCUT2D eigenvalue weighted by Gasteiger charge is 2.20. The fraction of sp³-hybridized carbons (Fsp3) is 0.294. The molecule has 0 bridgehead atoms. The summed E-state index contributed by atoms with van der Waals surface area (Å²) in [7, 11) is 5.55.